The van der Waals surface area contributed by atoms with Crippen molar-refractivity contribution in [3.63, 3.8) is 0 Å². The van der Waals surface area contributed by atoms with E-state index >= 15 is 0 Å². The molecule has 1 aromatic carbocycles. The Labute approximate surface area is 185 Å². The standard InChI is InChI=1S/C25H25FN2O4/c1-13-11-19(27-32-13)28-21(15-6-4-7-16(26)12-15)20-22(29)18-10-9-14-5-2-3-8-17(14)23(18)31-24(20)25(28)30/h4,6-7,11-12,14,17-18,21,23H,2-3,5,8-10H2,1H3. The Balaban J connectivity index is 1.47. The van der Waals surface area contributed by atoms with Gasteiger partial charge in [-0.3, -0.25) is 14.5 Å². The second-order valence-electron chi connectivity index (χ2n) is 9.51. The minimum absolute atomic E-state index is 0.0365. The van der Waals surface area contributed by atoms with Crippen molar-refractivity contribution in [3.8, 4) is 0 Å². The molecule has 5 atom stereocenters. The van der Waals surface area contributed by atoms with Crippen LogP contribution < -0.4 is 4.90 Å². The maximum Gasteiger partial charge on any atom is 0.295 e. The topological polar surface area (TPSA) is 72.6 Å². The zero-order chi connectivity index (χ0) is 22.0. The summed E-state index contributed by atoms with van der Waals surface area (Å²) in [5.74, 6) is 0.693. The fourth-order valence-corrected chi connectivity index (χ4v) is 6.32. The summed E-state index contributed by atoms with van der Waals surface area (Å²) in [7, 11) is 0. The zero-order valence-corrected chi connectivity index (χ0v) is 17.9. The number of halogens is 1. The van der Waals surface area contributed by atoms with E-state index in [1.54, 1.807) is 25.1 Å². The maximum absolute atomic E-state index is 14.2. The van der Waals surface area contributed by atoms with Crippen LogP contribution in [0.3, 0.4) is 0 Å². The predicted molar refractivity (Wildman–Crippen MR) is 113 cm³/mol. The summed E-state index contributed by atoms with van der Waals surface area (Å²) < 4.78 is 25.8. The van der Waals surface area contributed by atoms with Crippen molar-refractivity contribution >= 4 is 17.5 Å². The molecule has 0 N–H and O–H groups in total. The van der Waals surface area contributed by atoms with E-state index in [2.05, 4.69) is 5.16 Å². The number of fused-ring (bicyclic) bond motifs is 3. The highest BCUT2D eigenvalue weighted by Gasteiger charge is 2.56. The van der Waals surface area contributed by atoms with Crippen molar-refractivity contribution in [1.29, 1.82) is 0 Å². The Kier molecular flexibility index (Phi) is 4.49. The van der Waals surface area contributed by atoms with Gasteiger partial charge in [-0.05, 0) is 55.7 Å². The summed E-state index contributed by atoms with van der Waals surface area (Å²) in [4.78, 5) is 28.9. The van der Waals surface area contributed by atoms with Crippen molar-refractivity contribution < 1.29 is 23.2 Å². The van der Waals surface area contributed by atoms with Gasteiger partial charge in [-0.15, -0.1) is 0 Å². The smallest absolute Gasteiger partial charge is 0.295 e. The van der Waals surface area contributed by atoms with Gasteiger partial charge >= 0.3 is 0 Å². The Morgan fingerprint density at radius 2 is 1.94 bits per heavy atom. The first-order valence-corrected chi connectivity index (χ1v) is 11.5. The highest BCUT2D eigenvalue weighted by molar-refractivity contribution is 6.17. The number of carbonyl (C=O) groups excluding carboxylic acids is 2. The number of hydrogen-bond donors (Lipinski definition) is 0. The Bertz CT molecular complexity index is 1140. The van der Waals surface area contributed by atoms with Gasteiger partial charge in [0.2, 0.25) is 0 Å². The molecule has 166 valence electrons. The molecule has 2 aromatic rings. The summed E-state index contributed by atoms with van der Waals surface area (Å²) in [6.45, 7) is 1.74. The number of ether oxygens (including phenoxy) is 1. The van der Waals surface area contributed by atoms with Crippen LogP contribution in [0, 0.1) is 30.5 Å². The normalized spacial score (nSPS) is 31.8. The molecule has 2 aliphatic heterocycles. The van der Waals surface area contributed by atoms with Gasteiger partial charge in [-0.25, -0.2) is 4.39 Å². The quantitative estimate of drug-likeness (QED) is 0.685. The number of Topliss-reactive ketones (excluding diaryl/α,β-unsaturated/α-hetero) is 1. The van der Waals surface area contributed by atoms with E-state index in [0.717, 1.165) is 25.7 Å². The number of ketones is 1. The predicted octanol–water partition coefficient (Wildman–Crippen LogP) is 4.65. The highest BCUT2D eigenvalue weighted by atomic mass is 19.1. The number of aryl methyl sites for hydroxylation is 1. The molecular formula is C25H25FN2O4. The fourth-order valence-electron chi connectivity index (χ4n) is 6.32. The summed E-state index contributed by atoms with van der Waals surface area (Å²) in [6.07, 6.45) is 6.11. The van der Waals surface area contributed by atoms with Crippen molar-refractivity contribution in [1.82, 2.24) is 5.16 Å². The SMILES string of the molecule is Cc1cc(N2C(=O)C3=C(C(=O)C4CCC5CCCCC5C4O3)C2c2cccc(F)c2)no1. The maximum atomic E-state index is 14.2. The minimum atomic E-state index is -0.782. The van der Waals surface area contributed by atoms with E-state index in [9.17, 15) is 14.0 Å². The number of nitrogens with zero attached hydrogens (tertiary/aromatic N) is 2. The summed E-state index contributed by atoms with van der Waals surface area (Å²) in [6, 6.07) is 6.90. The monoisotopic (exact) mass is 436 g/mol. The van der Waals surface area contributed by atoms with Crippen LogP contribution in [0.1, 0.15) is 55.9 Å². The van der Waals surface area contributed by atoms with Crippen LogP contribution in [0.15, 0.2) is 46.2 Å². The van der Waals surface area contributed by atoms with Crippen LogP contribution in [-0.2, 0) is 14.3 Å². The Morgan fingerprint density at radius 1 is 1.09 bits per heavy atom. The van der Waals surface area contributed by atoms with E-state index in [4.69, 9.17) is 9.26 Å². The van der Waals surface area contributed by atoms with Crippen LogP contribution in [0.4, 0.5) is 10.2 Å². The second-order valence-corrected chi connectivity index (χ2v) is 9.51. The molecule has 2 saturated carbocycles. The average Bonchev–Trinajstić information content (AvgIpc) is 3.35. The van der Waals surface area contributed by atoms with Crippen LogP contribution in [-0.4, -0.2) is 23.0 Å². The molecule has 32 heavy (non-hydrogen) atoms. The number of amides is 1. The van der Waals surface area contributed by atoms with Gasteiger partial charge in [0.05, 0.1) is 17.5 Å². The van der Waals surface area contributed by atoms with Crippen molar-refractivity contribution in [3.05, 3.63) is 58.8 Å². The number of carbonyl (C=O) groups is 2. The van der Waals surface area contributed by atoms with Gasteiger partial charge in [0.1, 0.15) is 17.7 Å². The Hall–Kier alpha value is -2.96. The van der Waals surface area contributed by atoms with E-state index in [0.29, 0.717) is 34.6 Å². The third kappa shape index (κ3) is 2.86. The highest BCUT2D eigenvalue weighted by Crippen LogP contribution is 2.52. The molecule has 6 nitrogen and oxygen atoms in total. The molecule has 5 unspecified atom stereocenters. The molecule has 3 heterocycles. The van der Waals surface area contributed by atoms with E-state index in [1.165, 1.54) is 29.9 Å². The Morgan fingerprint density at radius 3 is 2.72 bits per heavy atom. The van der Waals surface area contributed by atoms with Crippen molar-refractivity contribution in [2.45, 2.75) is 57.6 Å². The van der Waals surface area contributed by atoms with Gasteiger partial charge in [-0.2, -0.15) is 0 Å². The summed E-state index contributed by atoms with van der Waals surface area (Å²) in [5.41, 5.74) is 0.850. The molecule has 7 heteroatoms. The first-order valence-electron chi connectivity index (χ1n) is 11.5. The first kappa shape index (κ1) is 19.7. The van der Waals surface area contributed by atoms with Gasteiger partial charge in [0, 0.05) is 6.07 Å². The molecule has 0 radical (unpaired) electrons. The van der Waals surface area contributed by atoms with Crippen LogP contribution in [0.25, 0.3) is 0 Å². The minimum Gasteiger partial charge on any atom is -0.483 e. The zero-order valence-electron chi connectivity index (χ0n) is 17.9. The van der Waals surface area contributed by atoms with Gasteiger partial charge in [0.15, 0.2) is 17.4 Å². The van der Waals surface area contributed by atoms with Crippen LogP contribution in [0.2, 0.25) is 0 Å². The number of benzene rings is 1. The van der Waals surface area contributed by atoms with Crippen LogP contribution >= 0.6 is 0 Å². The lowest BCUT2D eigenvalue weighted by Crippen LogP contribution is -2.48. The lowest BCUT2D eigenvalue weighted by atomic mass is 9.63. The second kappa shape index (κ2) is 7.29. The lowest BCUT2D eigenvalue weighted by molar-refractivity contribution is -0.139. The van der Waals surface area contributed by atoms with Crippen LogP contribution in [0.5, 0.6) is 0 Å². The number of hydrogen-bond acceptors (Lipinski definition) is 5. The summed E-state index contributed by atoms with van der Waals surface area (Å²) in [5, 5.41) is 4.03. The van der Waals surface area contributed by atoms with Gasteiger partial charge in [0.25, 0.3) is 5.91 Å². The van der Waals surface area contributed by atoms with E-state index in [1.807, 2.05) is 0 Å². The van der Waals surface area contributed by atoms with Crippen molar-refractivity contribution in [2.24, 2.45) is 17.8 Å². The van der Waals surface area contributed by atoms with E-state index < -0.39 is 17.8 Å². The largest absolute Gasteiger partial charge is 0.483 e. The number of aromatic nitrogens is 1. The lowest BCUT2D eigenvalue weighted by Gasteiger charge is -2.46. The molecule has 0 saturated heterocycles. The molecule has 6 rings (SSSR count). The van der Waals surface area contributed by atoms with E-state index in [-0.39, 0.29) is 23.6 Å². The van der Waals surface area contributed by atoms with Gasteiger partial charge in [-0.1, -0.05) is 36.6 Å². The first-order chi connectivity index (χ1) is 15.5. The number of anilines is 1. The summed E-state index contributed by atoms with van der Waals surface area (Å²) >= 11 is 0. The molecule has 4 aliphatic rings. The molecule has 2 fully saturated rings. The average molecular weight is 436 g/mol. The molecule has 0 bridgehead atoms. The molecular weight excluding hydrogens is 411 g/mol. The molecule has 2 aliphatic carbocycles. The molecule has 1 aromatic heterocycles. The van der Waals surface area contributed by atoms with Crippen molar-refractivity contribution in [2.75, 3.05) is 4.90 Å². The third-order valence-corrected chi connectivity index (χ3v) is 7.71. The number of rotatable bonds is 2. The third-order valence-electron chi connectivity index (χ3n) is 7.71. The van der Waals surface area contributed by atoms with Gasteiger partial charge < -0.3 is 9.26 Å². The molecule has 0 spiro atoms. The fraction of sp³-hybridized carbons (Fsp3) is 0.480. The molecule has 1 amide bonds.